The number of hydrogen-bond donors (Lipinski definition) is 1. The highest BCUT2D eigenvalue weighted by Crippen LogP contribution is 2.17. The molecule has 0 spiro atoms. The number of piperidine rings is 1. The number of likely N-dealkylation sites (N-methyl/N-ethyl adjacent to an activating group) is 1. The summed E-state index contributed by atoms with van der Waals surface area (Å²) in [4.78, 5) is 17.5. The van der Waals surface area contributed by atoms with Crippen LogP contribution in [0.2, 0.25) is 0 Å². The molecule has 4 heteroatoms. The van der Waals surface area contributed by atoms with Crippen molar-refractivity contribution in [3.05, 3.63) is 71.8 Å². The van der Waals surface area contributed by atoms with Crippen molar-refractivity contribution in [1.29, 1.82) is 0 Å². The molecule has 0 aliphatic carbocycles. The lowest BCUT2D eigenvalue weighted by molar-refractivity contribution is -0.137. The molecule has 2 aromatic carbocycles. The number of carbonyl (C=O) groups is 1. The predicted molar refractivity (Wildman–Crippen MR) is 110 cm³/mol. The summed E-state index contributed by atoms with van der Waals surface area (Å²) in [5.41, 5.74) is 2.50. The molecule has 0 unspecified atom stereocenters. The Kier molecular flexibility index (Phi) is 7.43. The van der Waals surface area contributed by atoms with Gasteiger partial charge in [0.25, 0.3) is 0 Å². The molecule has 1 saturated heterocycles. The van der Waals surface area contributed by atoms with Crippen LogP contribution in [-0.4, -0.2) is 48.9 Å². The molecular weight excluding hydrogens is 334 g/mol. The van der Waals surface area contributed by atoms with E-state index in [0.717, 1.165) is 45.6 Å². The maximum Gasteiger partial charge on any atom is 0.226 e. The van der Waals surface area contributed by atoms with Crippen molar-refractivity contribution >= 4 is 5.91 Å². The van der Waals surface area contributed by atoms with Gasteiger partial charge in [-0.2, -0.15) is 0 Å². The largest absolute Gasteiger partial charge is 0.337 e. The molecule has 0 atom stereocenters. The van der Waals surface area contributed by atoms with Crippen molar-refractivity contribution in [2.75, 3.05) is 33.2 Å². The smallest absolute Gasteiger partial charge is 0.226 e. The van der Waals surface area contributed by atoms with E-state index in [-0.39, 0.29) is 5.92 Å². The molecule has 1 heterocycles. The molecule has 1 fully saturated rings. The topological polar surface area (TPSA) is 35.6 Å². The molecule has 144 valence electrons. The van der Waals surface area contributed by atoms with Gasteiger partial charge in [-0.25, -0.2) is 0 Å². The van der Waals surface area contributed by atoms with Crippen LogP contribution in [0.3, 0.4) is 0 Å². The molecule has 0 radical (unpaired) electrons. The van der Waals surface area contributed by atoms with Crippen molar-refractivity contribution in [1.82, 2.24) is 15.1 Å². The Morgan fingerprint density at radius 1 is 0.889 bits per heavy atom. The molecule has 4 nitrogen and oxygen atoms in total. The summed E-state index contributed by atoms with van der Waals surface area (Å²) in [6.45, 7) is 5.14. The Bertz CT molecular complexity index is 683. The normalized spacial score (nSPS) is 15.0. The third-order valence-electron chi connectivity index (χ3n) is 5.26. The van der Waals surface area contributed by atoms with Crippen LogP contribution < -0.4 is 5.32 Å². The Hall–Kier alpha value is -2.17. The van der Waals surface area contributed by atoms with E-state index in [1.165, 1.54) is 11.1 Å². The zero-order valence-electron chi connectivity index (χ0n) is 16.3. The number of nitrogens with one attached hydrogen (secondary N) is 1. The van der Waals surface area contributed by atoms with E-state index in [4.69, 9.17) is 0 Å². The molecule has 1 aliphatic rings. The maximum absolute atomic E-state index is 13.2. The van der Waals surface area contributed by atoms with Gasteiger partial charge >= 0.3 is 0 Å². The minimum atomic E-state index is 0.161. The first-order chi connectivity index (χ1) is 13.2. The molecule has 0 saturated carbocycles. The summed E-state index contributed by atoms with van der Waals surface area (Å²) in [5.74, 6) is 0.475. The number of carbonyl (C=O) groups excluding carboxylic acids is 1. The van der Waals surface area contributed by atoms with Crippen LogP contribution in [0.1, 0.15) is 24.0 Å². The minimum Gasteiger partial charge on any atom is -0.337 e. The number of hydrogen-bond acceptors (Lipinski definition) is 3. The molecule has 1 aliphatic heterocycles. The third kappa shape index (κ3) is 6.19. The predicted octanol–water partition coefficient (Wildman–Crippen LogP) is 3.15. The van der Waals surface area contributed by atoms with E-state index in [2.05, 4.69) is 58.6 Å². The summed E-state index contributed by atoms with van der Waals surface area (Å²) < 4.78 is 0. The Morgan fingerprint density at radius 2 is 1.44 bits per heavy atom. The van der Waals surface area contributed by atoms with Gasteiger partial charge in [0.15, 0.2) is 0 Å². The lowest BCUT2D eigenvalue weighted by Crippen LogP contribution is -2.43. The van der Waals surface area contributed by atoms with E-state index in [1.807, 2.05) is 24.3 Å². The summed E-state index contributed by atoms with van der Waals surface area (Å²) >= 11 is 0. The van der Waals surface area contributed by atoms with Crippen LogP contribution in [0.5, 0.6) is 0 Å². The molecular formula is C23H31N3O. The number of amides is 1. The Balaban J connectivity index is 1.60. The van der Waals surface area contributed by atoms with E-state index in [0.29, 0.717) is 12.5 Å². The van der Waals surface area contributed by atoms with Gasteiger partial charge in [0.1, 0.15) is 0 Å². The van der Waals surface area contributed by atoms with Gasteiger partial charge in [0, 0.05) is 32.1 Å². The molecule has 2 aromatic rings. The highest BCUT2D eigenvalue weighted by molar-refractivity contribution is 5.79. The fourth-order valence-corrected chi connectivity index (χ4v) is 3.66. The number of nitrogens with zero attached hydrogens (tertiary/aromatic N) is 2. The number of benzene rings is 2. The van der Waals surface area contributed by atoms with Gasteiger partial charge < -0.3 is 15.1 Å². The fourth-order valence-electron chi connectivity index (χ4n) is 3.66. The molecule has 27 heavy (non-hydrogen) atoms. The van der Waals surface area contributed by atoms with Crippen LogP contribution in [0, 0.1) is 5.92 Å². The van der Waals surface area contributed by atoms with Gasteiger partial charge in [-0.05, 0) is 44.1 Å². The van der Waals surface area contributed by atoms with Crippen molar-refractivity contribution in [3.63, 3.8) is 0 Å². The summed E-state index contributed by atoms with van der Waals surface area (Å²) in [6, 6.07) is 20.8. The molecule has 1 N–H and O–H groups in total. The van der Waals surface area contributed by atoms with Gasteiger partial charge in [0.2, 0.25) is 5.91 Å². The SMILES string of the molecule is CN(CCN(Cc1ccccc1)C(=O)C1CCNCC1)Cc1ccccc1. The molecule has 0 bridgehead atoms. The Labute approximate surface area is 163 Å². The summed E-state index contributed by atoms with van der Waals surface area (Å²) in [7, 11) is 2.13. The first-order valence-electron chi connectivity index (χ1n) is 9.98. The van der Waals surface area contributed by atoms with Crippen LogP contribution >= 0.6 is 0 Å². The Morgan fingerprint density at radius 3 is 2.04 bits per heavy atom. The summed E-state index contributed by atoms with van der Waals surface area (Å²) in [6.07, 6.45) is 1.90. The monoisotopic (exact) mass is 365 g/mol. The van der Waals surface area contributed by atoms with Crippen LogP contribution in [-0.2, 0) is 17.9 Å². The van der Waals surface area contributed by atoms with Gasteiger partial charge in [-0.3, -0.25) is 4.79 Å². The zero-order chi connectivity index (χ0) is 18.9. The van der Waals surface area contributed by atoms with Crippen molar-refractivity contribution in [2.45, 2.75) is 25.9 Å². The lowest BCUT2D eigenvalue weighted by Gasteiger charge is -2.31. The minimum absolute atomic E-state index is 0.161. The number of rotatable bonds is 8. The van der Waals surface area contributed by atoms with Crippen molar-refractivity contribution in [2.24, 2.45) is 5.92 Å². The van der Waals surface area contributed by atoms with Gasteiger partial charge in [-0.15, -0.1) is 0 Å². The summed E-state index contributed by atoms with van der Waals surface area (Å²) in [5, 5.41) is 3.36. The van der Waals surface area contributed by atoms with E-state index in [9.17, 15) is 4.79 Å². The van der Waals surface area contributed by atoms with E-state index >= 15 is 0 Å². The molecule has 1 amide bonds. The highest BCUT2D eigenvalue weighted by Gasteiger charge is 2.26. The first kappa shape index (κ1) is 19.6. The lowest BCUT2D eigenvalue weighted by atomic mass is 9.96. The fraction of sp³-hybridized carbons (Fsp3) is 0.435. The van der Waals surface area contributed by atoms with E-state index < -0.39 is 0 Å². The van der Waals surface area contributed by atoms with Crippen LogP contribution in [0.4, 0.5) is 0 Å². The molecule has 3 rings (SSSR count). The second-order valence-corrected chi connectivity index (χ2v) is 7.49. The van der Waals surface area contributed by atoms with Crippen LogP contribution in [0.15, 0.2) is 60.7 Å². The van der Waals surface area contributed by atoms with Crippen molar-refractivity contribution < 1.29 is 4.79 Å². The second kappa shape index (κ2) is 10.2. The molecule has 0 aromatic heterocycles. The average molecular weight is 366 g/mol. The third-order valence-corrected chi connectivity index (χ3v) is 5.26. The van der Waals surface area contributed by atoms with Crippen molar-refractivity contribution in [3.8, 4) is 0 Å². The highest BCUT2D eigenvalue weighted by atomic mass is 16.2. The first-order valence-corrected chi connectivity index (χ1v) is 9.98. The van der Waals surface area contributed by atoms with Gasteiger partial charge in [0.05, 0.1) is 0 Å². The van der Waals surface area contributed by atoms with Gasteiger partial charge in [-0.1, -0.05) is 60.7 Å². The second-order valence-electron chi connectivity index (χ2n) is 7.49. The standard InChI is InChI=1S/C23H31N3O/c1-25(18-20-8-4-2-5-9-20)16-17-26(19-21-10-6-3-7-11-21)23(27)22-12-14-24-15-13-22/h2-11,22,24H,12-19H2,1H3. The maximum atomic E-state index is 13.2. The quantitative estimate of drug-likeness (QED) is 0.781. The zero-order valence-corrected chi connectivity index (χ0v) is 16.3. The van der Waals surface area contributed by atoms with E-state index in [1.54, 1.807) is 0 Å². The van der Waals surface area contributed by atoms with Crippen LogP contribution in [0.25, 0.3) is 0 Å². The average Bonchev–Trinajstić information content (AvgIpc) is 2.73.